The summed E-state index contributed by atoms with van der Waals surface area (Å²) in [6, 6.07) is 8.71. The molecule has 0 saturated heterocycles. The number of benzene rings is 2. The van der Waals surface area contributed by atoms with E-state index in [-0.39, 0.29) is 5.75 Å². The van der Waals surface area contributed by atoms with Gasteiger partial charge < -0.3 is 19.5 Å². The lowest BCUT2D eigenvalue weighted by Gasteiger charge is -2.13. The molecule has 116 valence electrons. The molecule has 0 spiro atoms. The number of hydrogen-bond acceptors (Lipinski definition) is 4. The van der Waals surface area contributed by atoms with Gasteiger partial charge >= 0.3 is 0 Å². The lowest BCUT2D eigenvalue weighted by molar-refractivity contribution is 0.102. The van der Waals surface area contributed by atoms with Crippen LogP contribution in [-0.2, 0) is 0 Å². The van der Waals surface area contributed by atoms with E-state index in [1.165, 1.54) is 39.5 Å². The average Bonchev–Trinajstić information content (AvgIpc) is 2.55. The Bertz CT molecular complexity index is 688. The summed E-state index contributed by atoms with van der Waals surface area (Å²) in [5.41, 5.74) is 0.696. The third-order valence-corrected chi connectivity index (χ3v) is 3.07. The Hall–Kier alpha value is -2.76. The number of methoxy groups -OCH3 is 3. The summed E-state index contributed by atoms with van der Waals surface area (Å²) in [5.74, 6) is 0.341. The highest BCUT2D eigenvalue weighted by atomic mass is 19.1. The maximum absolute atomic E-state index is 13.2. The zero-order valence-corrected chi connectivity index (χ0v) is 12.5. The van der Waals surface area contributed by atoms with Gasteiger partial charge in [-0.25, -0.2) is 4.39 Å². The van der Waals surface area contributed by atoms with Crippen LogP contribution in [0.1, 0.15) is 10.4 Å². The molecule has 1 N–H and O–H groups in total. The van der Waals surface area contributed by atoms with Gasteiger partial charge in [-0.05, 0) is 24.3 Å². The van der Waals surface area contributed by atoms with E-state index in [0.717, 1.165) is 0 Å². The molecule has 22 heavy (non-hydrogen) atoms. The van der Waals surface area contributed by atoms with Gasteiger partial charge in [0.15, 0.2) is 0 Å². The molecule has 0 heterocycles. The predicted molar refractivity (Wildman–Crippen MR) is 80.5 cm³/mol. The van der Waals surface area contributed by atoms with Crippen LogP contribution in [0.4, 0.5) is 10.1 Å². The minimum absolute atomic E-state index is 0.237. The smallest absolute Gasteiger partial charge is 0.259 e. The molecule has 0 aromatic heterocycles. The molecule has 0 radical (unpaired) electrons. The van der Waals surface area contributed by atoms with Gasteiger partial charge in [-0.1, -0.05) is 0 Å². The number of amides is 1. The molecule has 0 bridgehead atoms. The molecule has 5 nitrogen and oxygen atoms in total. The normalized spacial score (nSPS) is 10.0. The molecular weight excluding hydrogens is 289 g/mol. The second kappa shape index (κ2) is 6.80. The Morgan fingerprint density at radius 3 is 2.32 bits per heavy atom. The summed E-state index contributed by atoms with van der Waals surface area (Å²) in [5, 5.41) is 2.67. The molecule has 2 aromatic carbocycles. The highest BCUT2D eigenvalue weighted by Gasteiger charge is 2.15. The van der Waals surface area contributed by atoms with Gasteiger partial charge in [-0.15, -0.1) is 0 Å². The molecule has 0 saturated carbocycles. The van der Waals surface area contributed by atoms with E-state index in [2.05, 4.69) is 5.32 Å². The first-order valence-corrected chi connectivity index (χ1v) is 6.46. The average molecular weight is 305 g/mol. The van der Waals surface area contributed by atoms with Crippen LogP contribution in [0.25, 0.3) is 0 Å². The summed E-state index contributed by atoms with van der Waals surface area (Å²) in [6.45, 7) is 0. The number of carbonyl (C=O) groups excluding carboxylic acids is 1. The van der Waals surface area contributed by atoms with Crippen molar-refractivity contribution in [1.82, 2.24) is 0 Å². The molecule has 0 aliphatic heterocycles. The second-order valence-corrected chi connectivity index (χ2v) is 4.36. The lowest BCUT2D eigenvalue weighted by atomic mass is 10.1. The lowest BCUT2D eigenvalue weighted by Crippen LogP contribution is -2.14. The molecule has 2 aromatic rings. The van der Waals surface area contributed by atoms with Crippen LogP contribution in [0.3, 0.4) is 0 Å². The molecule has 1 amide bonds. The highest BCUT2D eigenvalue weighted by molar-refractivity contribution is 6.07. The molecule has 6 heteroatoms. The Balaban J connectivity index is 2.29. The van der Waals surface area contributed by atoms with Crippen molar-refractivity contribution in [2.45, 2.75) is 0 Å². The van der Waals surface area contributed by atoms with E-state index < -0.39 is 11.7 Å². The number of carbonyl (C=O) groups is 1. The molecule has 0 aliphatic carbocycles. The molecule has 0 aliphatic rings. The fourth-order valence-corrected chi connectivity index (χ4v) is 1.94. The van der Waals surface area contributed by atoms with Gasteiger partial charge in [-0.2, -0.15) is 0 Å². The number of hydrogen-bond donors (Lipinski definition) is 1. The van der Waals surface area contributed by atoms with Crippen molar-refractivity contribution in [3.8, 4) is 17.2 Å². The SMILES string of the molecule is COc1ccc(C(=O)Nc2ccc(F)cc2OC)c(OC)c1. The largest absolute Gasteiger partial charge is 0.497 e. The van der Waals surface area contributed by atoms with E-state index in [9.17, 15) is 9.18 Å². The number of anilines is 1. The zero-order valence-electron chi connectivity index (χ0n) is 12.5. The number of ether oxygens (including phenoxy) is 3. The first-order valence-electron chi connectivity index (χ1n) is 6.46. The van der Waals surface area contributed by atoms with Gasteiger partial charge in [0.2, 0.25) is 0 Å². The summed E-state index contributed by atoms with van der Waals surface area (Å²) < 4.78 is 28.5. The van der Waals surface area contributed by atoms with E-state index in [4.69, 9.17) is 14.2 Å². The Kier molecular flexibility index (Phi) is 4.83. The number of halogens is 1. The number of nitrogens with one attached hydrogen (secondary N) is 1. The fraction of sp³-hybridized carbons (Fsp3) is 0.188. The summed E-state index contributed by atoms with van der Waals surface area (Å²) >= 11 is 0. The third-order valence-electron chi connectivity index (χ3n) is 3.07. The van der Waals surface area contributed by atoms with Crippen molar-refractivity contribution >= 4 is 11.6 Å². The van der Waals surface area contributed by atoms with E-state index in [1.807, 2.05) is 0 Å². The van der Waals surface area contributed by atoms with Crippen LogP contribution in [0.15, 0.2) is 36.4 Å². The summed E-state index contributed by atoms with van der Waals surface area (Å²) in [4.78, 5) is 12.4. The van der Waals surface area contributed by atoms with Gasteiger partial charge in [0.1, 0.15) is 23.1 Å². The highest BCUT2D eigenvalue weighted by Crippen LogP contribution is 2.28. The van der Waals surface area contributed by atoms with Gasteiger partial charge in [0.25, 0.3) is 5.91 Å². The second-order valence-electron chi connectivity index (χ2n) is 4.36. The quantitative estimate of drug-likeness (QED) is 0.922. The standard InChI is InChI=1S/C16H16FNO4/c1-20-11-5-6-12(14(9-11)21-2)16(19)18-13-7-4-10(17)8-15(13)22-3/h4-9H,1-3H3,(H,18,19). The van der Waals surface area contributed by atoms with Gasteiger partial charge in [0.05, 0.1) is 32.6 Å². The van der Waals surface area contributed by atoms with Crippen molar-refractivity contribution in [3.63, 3.8) is 0 Å². The third kappa shape index (κ3) is 3.28. The molecular formula is C16H16FNO4. The summed E-state index contributed by atoms with van der Waals surface area (Å²) in [7, 11) is 4.39. The number of rotatable bonds is 5. The molecule has 0 fully saturated rings. The van der Waals surface area contributed by atoms with Gasteiger partial charge in [0, 0.05) is 12.1 Å². The molecule has 0 unspecified atom stereocenters. The first kappa shape index (κ1) is 15.6. The van der Waals surface area contributed by atoms with Crippen molar-refractivity contribution in [2.24, 2.45) is 0 Å². The molecule has 2 rings (SSSR count). The fourth-order valence-electron chi connectivity index (χ4n) is 1.94. The van der Waals surface area contributed by atoms with Crippen molar-refractivity contribution in [3.05, 3.63) is 47.8 Å². The predicted octanol–water partition coefficient (Wildman–Crippen LogP) is 3.10. The van der Waals surface area contributed by atoms with Crippen LogP contribution >= 0.6 is 0 Å². The topological polar surface area (TPSA) is 56.8 Å². The van der Waals surface area contributed by atoms with E-state index >= 15 is 0 Å². The van der Waals surface area contributed by atoms with Crippen molar-refractivity contribution in [2.75, 3.05) is 26.6 Å². The maximum Gasteiger partial charge on any atom is 0.259 e. The zero-order chi connectivity index (χ0) is 16.1. The Labute approximate surface area is 127 Å². The minimum Gasteiger partial charge on any atom is -0.497 e. The van der Waals surface area contributed by atoms with Crippen molar-refractivity contribution in [1.29, 1.82) is 0 Å². The van der Waals surface area contributed by atoms with Crippen LogP contribution in [0, 0.1) is 5.82 Å². The van der Waals surface area contributed by atoms with E-state index in [1.54, 1.807) is 18.2 Å². The van der Waals surface area contributed by atoms with Crippen LogP contribution in [0.5, 0.6) is 17.2 Å². The van der Waals surface area contributed by atoms with Crippen LogP contribution < -0.4 is 19.5 Å². The minimum atomic E-state index is -0.447. The van der Waals surface area contributed by atoms with Gasteiger partial charge in [-0.3, -0.25) is 4.79 Å². The van der Waals surface area contributed by atoms with E-state index in [0.29, 0.717) is 22.7 Å². The van der Waals surface area contributed by atoms with Crippen molar-refractivity contribution < 1.29 is 23.4 Å². The Morgan fingerprint density at radius 1 is 0.955 bits per heavy atom. The maximum atomic E-state index is 13.2. The summed E-state index contributed by atoms with van der Waals surface area (Å²) in [6.07, 6.45) is 0. The van der Waals surface area contributed by atoms with Crippen LogP contribution in [-0.4, -0.2) is 27.2 Å². The first-order chi connectivity index (χ1) is 10.6. The molecule has 0 atom stereocenters. The Morgan fingerprint density at radius 2 is 1.68 bits per heavy atom. The monoisotopic (exact) mass is 305 g/mol. The van der Waals surface area contributed by atoms with Crippen LogP contribution in [0.2, 0.25) is 0 Å².